The molecular formula is C22H27NO3. The highest BCUT2D eigenvalue weighted by atomic mass is 16.8. The number of hydroxylamine groups is 1. The van der Waals surface area contributed by atoms with Crippen molar-refractivity contribution in [3.05, 3.63) is 71.3 Å². The minimum Gasteiger partial charge on any atom is -0.350 e. The van der Waals surface area contributed by atoms with Crippen LogP contribution in [-0.4, -0.2) is 18.8 Å². The SMILES string of the molecule is O=C(NOC1CCCCO1)c1ccc(CCCCc2ccccc2)cc1. The van der Waals surface area contributed by atoms with Crippen LogP contribution in [0, 0.1) is 0 Å². The van der Waals surface area contributed by atoms with Crippen LogP contribution in [0.2, 0.25) is 0 Å². The van der Waals surface area contributed by atoms with Gasteiger partial charge < -0.3 is 4.74 Å². The van der Waals surface area contributed by atoms with Gasteiger partial charge in [-0.15, -0.1) is 0 Å². The number of carbonyl (C=O) groups is 1. The second-order valence-electron chi connectivity index (χ2n) is 6.73. The summed E-state index contributed by atoms with van der Waals surface area (Å²) in [5.41, 5.74) is 5.75. The van der Waals surface area contributed by atoms with E-state index in [1.165, 1.54) is 17.5 Å². The molecule has 138 valence electrons. The molecule has 1 fully saturated rings. The monoisotopic (exact) mass is 353 g/mol. The zero-order valence-corrected chi connectivity index (χ0v) is 15.2. The van der Waals surface area contributed by atoms with Crippen molar-refractivity contribution in [2.24, 2.45) is 0 Å². The number of aryl methyl sites for hydroxylation is 2. The van der Waals surface area contributed by atoms with Crippen LogP contribution in [-0.2, 0) is 22.4 Å². The van der Waals surface area contributed by atoms with Crippen LogP contribution in [0.25, 0.3) is 0 Å². The summed E-state index contributed by atoms with van der Waals surface area (Å²) in [5.74, 6) is -0.227. The number of ether oxygens (including phenoxy) is 1. The smallest absolute Gasteiger partial charge is 0.274 e. The van der Waals surface area contributed by atoms with Gasteiger partial charge in [-0.25, -0.2) is 10.3 Å². The van der Waals surface area contributed by atoms with Crippen molar-refractivity contribution in [2.75, 3.05) is 6.61 Å². The van der Waals surface area contributed by atoms with E-state index < -0.39 is 0 Å². The maximum absolute atomic E-state index is 12.1. The molecular weight excluding hydrogens is 326 g/mol. The van der Waals surface area contributed by atoms with Gasteiger partial charge in [-0.3, -0.25) is 4.79 Å². The lowest BCUT2D eigenvalue weighted by molar-refractivity contribution is -0.186. The second-order valence-corrected chi connectivity index (χ2v) is 6.73. The summed E-state index contributed by atoms with van der Waals surface area (Å²) in [4.78, 5) is 17.5. The number of rotatable bonds is 8. The van der Waals surface area contributed by atoms with Crippen LogP contribution in [0.15, 0.2) is 54.6 Å². The molecule has 3 rings (SSSR count). The largest absolute Gasteiger partial charge is 0.350 e. The molecule has 1 heterocycles. The third kappa shape index (κ3) is 5.97. The third-order valence-electron chi connectivity index (χ3n) is 4.66. The van der Waals surface area contributed by atoms with Crippen molar-refractivity contribution in [3.8, 4) is 0 Å². The first-order valence-corrected chi connectivity index (χ1v) is 9.52. The molecule has 0 saturated carbocycles. The second kappa shape index (κ2) is 10.1. The summed E-state index contributed by atoms with van der Waals surface area (Å²) in [7, 11) is 0. The lowest BCUT2D eigenvalue weighted by Gasteiger charge is -2.22. The average molecular weight is 353 g/mol. The molecule has 1 N–H and O–H groups in total. The van der Waals surface area contributed by atoms with Gasteiger partial charge in [0.2, 0.25) is 0 Å². The van der Waals surface area contributed by atoms with Gasteiger partial charge in [0.25, 0.3) is 5.91 Å². The van der Waals surface area contributed by atoms with Crippen molar-refractivity contribution >= 4 is 5.91 Å². The Morgan fingerprint density at radius 1 is 0.962 bits per heavy atom. The molecule has 1 aliphatic rings. The molecule has 1 saturated heterocycles. The molecule has 26 heavy (non-hydrogen) atoms. The molecule has 2 aromatic carbocycles. The molecule has 1 amide bonds. The van der Waals surface area contributed by atoms with Crippen LogP contribution in [0.4, 0.5) is 0 Å². The van der Waals surface area contributed by atoms with Crippen molar-refractivity contribution in [1.29, 1.82) is 0 Å². The molecule has 1 aliphatic heterocycles. The van der Waals surface area contributed by atoms with Gasteiger partial charge in [0.05, 0.1) is 0 Å². The Bertz CT molecular complexity index is 664. The van der Waals surface area contributed by atoms with Gasteiger partial charge in [0.1, 0.15) is 0 Å². The lowest BCUT2D eigenvalue weighted by Crippen LogP contribution is -2.33. The topological polar surface area (TPSA) is 47.6 Å². The van der Waals surface area contributed by atoms with Crippen molar-refractivity contribution < 1.29 is 14.4 Å². The highest BCUT2D eigenvalue weighted by Gasteiger charge is 2.16. The molecule has 1 atom stereocenters. The summed E-state index contributed by atoms with van der Waals surface area (Å²) >= 11 is 0. The molecule has 0 radical (unpaired) electrons. The molecule has 0 bridgehead atoms. The third-order valence-corrected chi connectivity index (χ3v) is 4.66. The minimum absolute atomic E-state index is 0.227. The maximum atomic E-state index is 12.1. The summed E-state index contributed by atoms with van der Waals surface area (Å²) in [6.07, 6.45) is 7.08. The fourth-order valence-corrected chi connectivity index (χ4v) is 3.11. The van der Waals surface area contributed by atoms with Gasteiger partial charge in [-0.1, -0.05) is 42.5 Å². The number of nitrogens with one attached hydrogen (secondary N) is 1. The zero-order valence-electron chi connectivity index (χ0n) is 15.2. The number of carbonyl (C=O) groups excluding carboxylic acids is 1. The van der Waals surface area contributed by atoms with E-state index in [4.69, 9.17) is 9.57 Å². The summed E-state index contributed by atoms with van der Waals surface area (Å²) in [6, 6.07) is 18.3. The first-order chi connectivity index (χ1) is 12.8. The number of hydrogen-bond acceptors (Lipinski definition) is 3. The van der Waals surface area contributed by atoms with Gasteiger partial charge >= 0.3 is 0 Å². The van der Waals surface area contributed by atoms with E-state index in [1.807, 2.05) is 24.3 Å². The van der Waals surface area contributed by atoms with Gasteiger partial charge in [0, 0.05) is 18.6 Å². The number of amides is 1. The lowest BCUT2D eigenvalue weighted by atomic mass is 10.0. The number of unbranched alkanes of at least 4 members (excludes halogenated alkanes) is 1. The average Bonchev–Trinajstić information content (AvgIpc) is 2.71. The number of benzene rings is 2. The number of hydrogen-bond donors (Lipinski definition) is 1. The van der Waals surface area contributed by atoms with Crippen molar-refractivity contribution in [1.82, 2.24) is 5.48 Å². The van der Waals surface area contributed by atoms with Crippen LogP contribution >= 0.6 is 0 Å². The molecule has 4 heteroatoms. The Morgan fingerprint density at radius 2 is 1.65 bits per heavy atom. The van der Waals surface area contributed by atoms with Gasteiger partial charge in [-0.2, -0.15) is 0 Å². The molecule has 2 aromatic rings. The molecule has 0 aliphatic carbocycles. The van der Waals surface area contributed by atoms with Crippen LogP contribution in [0.5, 0.6) is 0 Å². The fourth-order valence-electron chi connectivity index (χ4n) is 3.11. The predicted octanol–water partition coefficient (Wildman–Crippen LogP) is 4.44. The van der Waals surface area contributed by atoms with E-state index in [1.54, 1.807) is 0 Å². The van der Waals surface area contributed by atoms with Gasteiger partial charge in [0.15, 0.2) is 6.29 Å². The van der Waals surface area contributed by atoms with E-state index in [2.05, 4.69) is 35.8 Å². The molecule has 1 unspecified atom stereocenters. The van der Waals surface area contributed by atoms with E-state index in [0.29, 0.717) is 12.2 Å². The Labute approximate surface area is 155 Å². The molecule has 4 nitrogen and oxygen atoms in total. The van der Waals surface area contributed by atoms with E-state index in [9.17, 15) is 4.79 Å². The van der Waals surface area contributed by atoms with Crippen LogP contribution in [0.1, 0.15) is 53.6 Å². The van der Waals surface area contributed by atoms with Crippen molar-refractivity contribution in [3.63, 3.8) is 0 Å². The highest BCUT2D eigenvalue weighted by Crippen LogP contribution is 2.13. The standard InChI is InChI=1S/C22H27NO3/c24-22(23-26-21-12-6-7-17-25-21)20-15-13-19(14-16-20)11-5-4-10-18-8-2-1-3-9-18/h1-3,8-9,13-16,21H,4-7,10-12,17H2,(H,23,24). The summed E-state index contributed by atoms with van der Waals surface area (Å²) in [6.45, 7) is 0.694. The Morgan fingerprint density at radius 3 is 2.31 bits per heavy atom. The maximum Gasteiger partial charge on any atom is 0.274 e. The Hall–Kier alpha value is -2.17. The quantitative estimate of drug-likeness (QED) is 0.564. The first kappa shape index (κ1) is 18.6. The van der Waals surface area contributed by atoms with E-state index in [-0.39, 0.29) is 12.2 Å². The van der Waals surface area contributed by atoms with Crippen molar-refractivity contribution in [2.45, 2.75) is 51.2 Å². The van der Waals surface area contributed by atoms with Crippen LogP contribution in [0.3, 0.4) is 0 Å². The summed E-state index contributed by atoms with van der Waals surface area (Å²) in [5, 5.41) is 0. The molecule has 0 spiro atoms. The normalized spacial score (nSPS) is 17.0. The minimum atomic E-state index is -0.323. The van der Waals surface area contributed by atoms with Gasteiger partial charge in [-0.05, 0) is 61.8 Å². The summed E-state index contributed by atoms with van der Waals surface area (Å²) < 4.78 is 5.43. The first-order valence-electron chi connectivity index (χ1n) is 9.52. The Balaban J connectivity index is 1.37. The predicted molar refractivity (Wildman–Crippen MR) is 102 cm³/mol. The zero-order chi connectivity index (χ0) is 18.0. The molecule has 0 aromatic heterocycles. The van der Waals surface area contributed by atoms with E-state index in [0.717, 1.165) is 38.5 Å². The Kier molecular flexibility index (Phi) is 7.23. The fraction of sp³-hybridized carbons (Fsp3) is 0.409. The van der Waals surface area contributed by atoms with Crippen LogP contribution < -0.4 is 5.48 Å². The highest BCUT2D eigenvalue weighted by molar-refractivity contribution is 5.93. The van der Waals surface area contributed by atoms with E-state index >= 15 is 0 Å².